The molecule has 0 radical (unpaired) electrons. The van der Waals surface area contributed by atoms with Crippen molar-refractivity contribution >= 4 is 29.1 Å². The number of aryl methyl sites for hydroxylation is 2. The Bertz CT molecular complexity index is 2120. The molecule has 4 atom stereocenters. The third-order valence-electron chi connectivity index (χ3n) is 11.9. The van der Waals surface area contributed by atoms with E-state index in [1.807, 2.05) is 43.3 Å². The first kappa shape index (κ1) is 48.7. The van der Waals surface area contributed by atoms with Crippen LogP contribution in [0.5, 0.6) is 11.5 Å². The molecule has 0 spiro atoms. The number of oxime groups is 1. The van der Waals surface area contributed by atoms with E-state index >= 15 is 0 Å². The van der Waals surface area contributed by atoms with Gasteiger partial charge >= 0.3 is 0 Å². The molecule has 2 amide bonds. The number of nitrogens with zero attached hydrogens (tertiary/aromatic N) is 2. The number of nitrogens with two attached hydrogens (primary N) is 3. The van der Waals surface area contributed by atoms with E-state index < -0.39 is 29.8 Å². The molecule has 5 rings (SSSR count). The Balaban J connectivity index is 1.52. The third kappa shape index (κ3) is 13.1. The summed E-state index contributed by atoms with van der Waals surface area (Å²) < 4.78 is 12.4. The number of likely N-dealkylation sites (N-methyl/N-ethyl adjacent to an activating group) is 1. The molecule has 0 aliphatic carbocycles. The lowest BCUT2D eigenvalue weighted by molar-refractivity contribution is -0.142. The van der Waals surface area contributed by atoms with Gasteiger partial charge in [-0.3, -0.25) is 19.2 Å². The number of nitrogens with one attached hydrogen (secondary N) is 1. The molecule has 7 N–H and O–H groups in total. The molecule has 63 heavy (non-hydrogen) atoms. The van der Waals surface area contributed by atoms with Crippen molar-refractivity contribution < 1.29 is 33.5 Å². The predicted molar refractivity (Wildman–Crippen MR) is 248 cm³/mol. The van der Waals surface area contributed by atoms with E-state index in [2.05, 4.69) is 30.0 Å². The number of rotatable bonds is 21. The first-order chi connectivity index (χ1) is 30.4. The minimum Gasteiger partial charge on any atom is -0.492 e. The number of carbonyl (C=O) groups excluding carboxylic acids is 4. The zero-order valence-corrected chi connectivity index (χ0v) is 37.7. The predicted octanol–water partition coefficient (Wildman–Crippen LogP) is 6.90. The van der Waals surface area contributed by atoms with E-state index in [-0.39, 0.29) is 69.6 Å². The summed E-state index contributed by atoms with van der Waals surface area (Å²) in [6, 6.07) is 15.3. The van der Waals surface area contributed by atoms with Crippen LogP contribution in [0.1, 0.15) is 117 Å². The van der Waals surface area contributed by atoms with Crippen LogP contribution < -0.4 is 32.0 Å². The highest BCUT2D eigenvalue weighted by atomic mass is 16.6. The summed E-state index contributed by atoms with van der Waals surface area (Å²) in [5.74, 6) is -1.38. The summed E-state index contributed by atoms with van der Waals surface area (Å²) in [6.45, 7) is 10.9. The van der Waals surface area contributed by atoms with Gasteiger partial charge in [-0.05, 0) is 85.7 Å². The second-order valence-corrected chi connectivity index (χ2v) is 17.0. The van der Waals surface area contributed by atoms with Crippen LogP contribution in [0.25, 0.3) is 11.1 Å². The molecule has 0 saturated heterocycles. The van der Waals surface area contributed by atoms with E-state index in [0.29, 0.717) is 58.1 Å². The van der Waals surface area contributed by atoms with Gasteiger partial charge in [0.15, 0.2) is 11.6 Å². The first-order valence-electron chi connectivity index (χ1n) is 22.7. The van der Waals surface area contributed by atoms with Gasteiger partial charge in [-0.1, -0.05) is 88.0 Å². The van der Waals surface area contributed by atoms with Crippen LogP contribution in [-0.2, 0) is 32.1 Å². The van der Waals surface area contributed by atoms with E-state index in [1.54, 1.807) is 26.1 Å². The van der Waals surface area contributed by atoms with Crippen LogP contribution in [0.4, 0.5) is 0 Å². The fraction of sp³-hybridized carbons (Fsp3) is 0.500. The third-order valence-corrected chi connectivity index (χ3v) is 11.9. The molecule has 13 nitrogen and oxygen atoms in total. The van der Waals surface area contributed by atoms with Crippen molar-refractivity contribution in [2.24, 2.45) is 34.2 Å². The van der Waals surface area contributed by atoms with Gasteiger partial charge in [-0.2, -0.15) is 0 Å². The van der Waals surface area contributed by atoms with Crippen LogP contribution in [-0.4, -0.2) is 79.9 Å². The Kier molecular flexibility index (Phi) is 18.5. The summed E-state index contributed by atoms with van der Waals surface area (Å²) in [7, 11) is 1.57. The number of Topliss-reactive ketones (excluding diaryl/α,β-unsaturated/α-hetero) is 2. The smallest absolute Gasteiger partial charge is 0.226 e. The second-order valence-electron chi connectivity index (χ2n) is 17.0. The maximum atomic E-state index is 14.7. The van der Waals surface area contributed by atoms with Crippen molar-refractivity contribution in [3.8, 4) is 22.6 Å². The molecule has 2 aliphatic rings. The molecule has 3 aromatic carbocycles. The van der Waals surface area contributed by atoms with E-state index in [0.717, 1.165) is 24.0 Å². The monoisotopic (exact) mass is 865 g/mol. The average molecular weight is 865 g/mol. The molecular formula is C50H68N6O7. The number of hydrogen-bond donors (Lipinski definition) is 4. The van der Waals surface area contributed by atoms with Crippen LogP contribution >= 0.6 is 0 Å². The Morgan fingerprint density at radius 3 is 2.24 bits per heavy atom. The van der Waals surface area contributed by atoms with Crippen molar-refractivity contribution in [3.63, 3.8) is 0 Å². The fourth-order valence-corrected chi connectivity index (χ4v) is 8.51. The molecule has 3 aromatic rings. The summed E-state index contributed by atoms with van der Waals surface area (Å²) in [5.41, 5.74) is 23.7. The normalized spacial score (nSPS) is 18.2. The summed E-state index contributed by atoms with van der Waals surface area (Å²) in [6.07, 6.45) is 8.87. The van der Waals surface area contributed by atoms with Crippen LogP contribution in [0.2, 0.25) is 0 Å². The lowest BCUT2D eigenvalue weighted by atomic mass is 9.87. The van der Waals surface area contributed by atoms with Crippen LogP contribution in [0, 0.1) is 18.8 Å². The van der Waals surface area contributed by atoms with Gasteiger partial charge in [0.25, 0.3) is 0 Å². The molecule has 0 unspecified atom stereocenters. The highest BCUT2D eigenvalue weighted by molar-refractivity contribution is 6.01. The largest absolute Gasteiger partial charge is 0.492 e. The highest BCUT2D eigenvalue weighted by Gasteiger charge is 2.36. The Morgan fingerprint density at radius 2 is 1.59 bits per heavy atom. The lowest BCUT2D eigenvalue weighted by Gasteiger charge is -2.32. The van der Waals surface area contributed by atoms with Gasteiger partial charge in [-0.25, -0.2) is 0 Å². The van der Waals surface area contributed by atoms with Crippen molar-refractivity contribution in [1.82, 2.24) is 10.2 Å². The van der Waals surface area contributed by atoms with E-state index in [1.165, 1.54) is 42.6 Å². The second kappa shape index (κ2) is 23.9. The zero-order chi connectivity index (χ0) is 45.5. The zero-order valence-electron chi connectivity index (χ0n) is 37.7. The summed E-state index contributed by atoms with van der Waals surface area (Å²) in [5, 5.41) is 7.34. The topological polar surface area (TPSA) is 202 Å². The number of ether oxygens (including phenoxy) is 2. The van der Waals surface area contributed by atoms with Gasteiger partial charge in [0.05, 0.1) is 18.2 Å². The number of carbonyl (C=O) groups is 4. The quantitative estimate of drug-likeness (QED) is 0.0645. The minimum atomic E-state index is -1.14. The number of ketones is 2. The number of unbranched alkanes of at least 4 members (excludes halogenated alkanes) is 5. The number of allylic oxidation sites excluding steroid dienone is 1. The summed E-state index contributed by atoms with van der Waals surface area (Å²) >= 11 is 0. The van der Waals surface area contributed by atoms with Crippen molar-refractivity contribution in [2.75, 3.05) is 39.9 Å². The van der Waals surface area contributed by atoms with Gasteiger partial charge in [-0.15, -0.1) is 0 Å². The molecule has 2 heterocycles. The number of benzene rings is 3. The number of amides is 2. The van der Waals surface area contributed by atoms with E-state index in [4.69, 9.17) is 31.5 Å². The molecule has 4 bridgehead atoms. The molecule has 13 heteroatoms. The van der Waals surface area contributed by atoms with Crippen molar-refractivity contribution in [3.05, 3.63) is 94.8 Å². The molecule has 0 fully saturated rings. The Hall–Kier alpha value is -5.37. The molecule has 0 aromatic heterocycles. The summed E-state index contributed by atoms with van der Waals surface area (Å²) in [4.78, 5) is 64.2. The van der Waals surface area contributed by atoms with Crippen molar-refractivity contribution in [2.45, 2.75) is 110 Å². The first-order valence-corrected chi connectivity index (χ1v) is 22.7. The van der Waals surface area contributed by atoms with Gasteiger partial charge in [0.2, 0.25) is 11.8 Å². The highest BCUT2D eigenvalue weighted by Crippen LogP contribution is 2.41. The van der Waals surface area contributed by atoms with Crippen molar-refractivity contribution in [1.29, 1.82) is 0 Å². The van der Waals surface area contributed by atoms with Crippen LogP contribution in [0.3, 0.4) is 0 Å². The van der Waals surface area contributed by atoms with Crippen LogP contribution in [0.15, 0.2) is 72.1 Å². The average Bonchev–Trinajstić information content (AvgIpc) is 3.71. The Morgan fingerprint density at radius 1 is 0.905 bits per heavy atom. The minimum absolute atomic E-state index is 0.0785. The number of fused-ring (bicyclic) bond motifs is 5. The van der Waals surface area contributed by atoms with E-state index in [9.17, 15) is 19.2 Å². The molecule has 0 saturated carbocycles. The maximum absolute atomic E-state index is 14.7. The standard InChI is InChI=1S/C50H68N6O7/c1-6-7-8-9-10-11-12-35-13-16-39(32(2)25-35)44(57)31-38(19-20-51)50(60)56(5)48-37-15-18-47(62-24-22-53)41(30-37)40-28-36(14-17-46(40)61-23-21-52)29-42(43-27-34(4)63-55-43)54-49(59)33(3)26-45(48)58/h13-18,25,28,30,33,38,42,48H,4,6-12,19-24,26-27,29,31,51-53H2,1-3,5H3,(H,54,59)/t33-,38-,42+,48+/m1/s1. The van der Waals surface area contributed by atoms with Gasteiger partial charge in [0, 0.05) is 61.5 Å². The fourth-order valence-electron chi connectivity index (χ4n) is 8.51. The van der Waals surface area contributed by atoms with Gasteiger partial charge < -0.3 is 41.7 Å². The molecule has 340 valence electrons. The molecule has 2 aliphatic heterocycles. The SMILES string of the molecule is C=C1CC([C@@H]2Cc3ccc(OCCN)c(c3)-c3cc(ccc3OCCN)[C@H](N(C)C(=O)[C@H](CCN)CC(=O)c3ccc(CCCCCCCC)cc3C)C(=O)C[C@@H](C)C(=O)N2)=NO1. The molecular weight excluding hydrogens is 797 g/mol. The Labute approximate surface area is 373 Å². The van der Waals surface area contributed by atoms with Gasteiger partial charge in [0.1, 0.15) is 36.5 Å². The maximum Gasteiger partial charge on any atom is 0.226 e. The number of hydrogen-bond acceptors (Lipinski definition) is 11. The lowest BCUT2D eigenvalue weighted by Crippen LogP contribution is -2.45.